The van der Waals surface area contributed by atoms with E-state index < -0.39 is 5.97 Å². The molecule has 1 heterocycles. The summed E-state index contributed by atoms with van der Waals surface area (Å²) in [7, 11) is 0. The number of benzene rings is 1. The monoisotopic (exact) mass is 357 g/mol. The maximum absolute atomic E-state index is 10.7. The number of carboxylic acids is 1. The first-order valence-corrected chi connectivity index (χ1v) is 6.46. The van der Waals surface area contributed by atoms with E-state index in [9.17, 15) is 4.79 Å². The molecule has 0 bridgehead atoms. The molecule has 0 aliphatic carbocycles. The number of rotatable bonds is 4. The van der Waals surface area contributed by atoms with Gasteiger partial charge in [0.15, 0.2) is 0 Å². The fraction of sp³-hybridized carbons (Fsp3) is 0.154. The predicted molar refractivity (Wildman–Crippen MR) is 76.9 cm³/mol. The zero-order chi connectivity index (χ0) is 13.1. The van der Waals surface area contributed by atoms with Gasteiger partial charge in [0, 0.05) is 9.26 Å². The Morgan fingerprint density at radius 1 is 1.39 bits per heavy atom. The Morgan fingerprint density at radius 3 is 2.78 bits per heavy atom. The molecule has 94 valence electrons. The van der Waals surface area contributed by atoms with E-state index in [1.807, 2.05) is 18.2 Å². The molecule has 1 aromatic heterocycles. The minimum Gasteiger partial charge on any atom is -0.475 e. The number of aryl methyl sites for hydroxylation is 1. The lowest BCUT2D eigenvalue weighted by Gasteiger charge is -2.06. The van der Waals surface area contributed by atoms with Crippen LogP contribution in [0.1, 0.15) is 21.9 Å². The minimum absolute atomic E-state index is 0.0368. The summed E-state index contributed by atoms with van der Waals surface area (Å²) in [5, 5.41) is 11.9. The van der Waals surface area contributed by atoms with E-state index >= 15 is 0 Å². The maximum atomic E-state index is 10.7. The van der Waals surface area contributed by atoms with Crippen molar-refractivity contribution in [2.75, 3.05) is 5.32 Å². The molecule has 2 rings (SSSR count). The van der Waals surface area contributed by atoms with Gasteiger partial charge in [0.05, 0.1) is 6.54 Å². The molecule has 0 saturated carbocycles. The average molecular weight is 357 g/mol. The quantitative estimate of drug-likeness (QED) is 0.823. The van der Waals surface area contributed by atoms with Crippen molar-refractivity contribution in [3.05, 3.63) is 51.0 Å². The van der Waals surface area contributed by atoms with Crippen LogP contribution in [0.25, 0.3) is 0 Å². The second kappa shape index (κ2) is 5.43. The number of anilines is 1. The van der Waals surface area contributed by atoms with Gasteiger partial charge in [0.1, 0.15) is 5.76 Å². The molecule has 0 saturated heterocycles. The third kappa shape index (κ3) is 3.04. The van der Waals surface area contributed by atoms with Crippen molar-refractivity contribution in [3.63, 3.8) is 0 Å². The molecular formula is C13H12INO3. The van der Waals surface area contributed by atoms with E-state index in [4.69, 9.17) is 9.52 Å². The Balaban J connectivity index is 2.02. The molecule has 0 aliphatic heterocycles. The van der Waals surface area contributed by atoms with Gasteiger partial charge in [0.25, 0.3) is 0 Å². The summed E-state index contributed by atoms with van der Waals surface area (Å²) in [4.78, 5) is 10.7. The molecule has 2 N–H and O–H groups in total. The summed E-state index contributed by atoms with van der Waals surface area (Å²) in [6.45, 7) is 2.52. The highest BCUT2D eigenvalue weighted by Gasteiger charge is 2.08. The van der Waals surface area contributed by atoms with Crippen LogP contribution in [0.2, 0.25) is 0 Å². The molecule has 0 spiro atoms. The molecule has 18 heavy (non-hydrogen) atoms. The van der Waals surface area contributed by atoms with Crippen molar-refractivity contribution in [2.45, 2.75) is 13.5 Å². The number of hydrogen-bond donors (Lipinski definition) is 2. The number of nitrogens with one attached hydrogen (secondary N) is 1. The lowest BCUT2D eigenvalue weighted by Crippen LogP contribution is -1.99. The number of carbonyl (C=O) groups is 1. The Kier molecular flexibility index (Phi) is 3.90. The predicted octanol–water partition coefficient (Wildman–Crippen LogP) is 3.50. The molecule has 5 heteroatoms. The third-order valence-electron chi connectivity index (χ3n) is 2.51. The van der Waals surface area contributed by atoms with Gasteiger partial charge >= 0.3 is 5.97 Å². The van der Waals surface area contributed by atoms with Crippen LogP contribution in [0.3, 0.4) is 0 Å². The van der Waals surface area contributed by atoms with E-state index in [0.29, 0.717) is 12.3 Å². The van der Waals surface area contributed by atoms with Crippen molar-refractivity contribution >= 4 is 34.2 Å². The van der Waals surface area contributed by atoms with E-state index in [-0.39, 0.29) is 5.76 Å². The van der Waals surface area contributed by atoms with E-state index in [0.717, 1.165) is 5.69 Å². The average Bonchev–Trinajstić information content (AvgIpc) is 2.79. The molecule has 0 amide bonds. The second-order valence-corrected chi connectivity index (χ2v) is 5.05. The summed E-state index contributed by atoms with van der Waals surface area (Å²) >= 11 is 2.28. The number of carboxylic acid groups (broad SMARTS) is 1. The molecule has 0 radical (unpaired) electrons. The lowest BCUT2D eigenvalue weighted by molar-refractivity contribution is 0.0660. The summed E-state index contributed by atoms with van der Waals surface area (Å²) in [5.41, 5.74) is 2.21. The molecule has 0 fully saturated rings. The van der Waals surface area contributed by atoms with Crippen LogP contribution in [-0.4, -0.2) is 11.1 Å². The topological polar surface area (TPSA) is 62.5 Å². The fourth-order valence-corrected chi connectivity index (χ4v) is 2.00. The zero-order valence-electron chi connectivity index (χ0n) is 9.74. The molecule has 4 nitrogen and oxygen atoms in total. The van der Waals surface area contributed by atoms with Crippen molar-refractivity contribution in [2.24, 2.45) is 0 Å². The van der Waals surface area contributed by atoms with Crippen molar-refractivity contribution in [3.8, 4) is 0 Å². The van der Waals surface area contributed by atoms with Gasteiger partial charge in [-0.1, -0.05) is 6.07 Å². The maximum Gasteiger partial charge on any atom is 0.371 e. The first-order valence-electron chi connectivity index (χ1n) is 5.38. The van der Waals surface area contributed by atoms with Gasteiger partial charge < -0.3 is 14.8 Å². The molecular weight excluding hydrogens is 345 g/mol. The van der Waals surface area contributed by atoms with Gasteiger partial charge in [-0.2, -0.15) is 0 Å². The van der Waals surface area contributed by atoms with Gasteiger partial charge in [-0.25, -0.2) is 4.79 Å². The first-order chi connectivity index (χ1) is 8.56. The largest absolute Gasteiger partial charge is 0.475 e. The second-order valence-electron chi connectivity index (χ2n) is 3.89. The van der Waals surface area contributed by atoms with E-state index in [1.54, 1.807) is 6.07 Å². The Labute approximate surface area is 118 Å². The molecule has 1 aromatic carbocycles. The number of hydrogen-bond acceptors (Lipinski definition) is 3. The highest BCUT2D eigenvalue weighted by Crippen LogP contribution is 2.18. The van der Waals surface area contributed by atoms with E-state index in [2.05, 4.69) is 34.8 Å². The Bertz CT molecular complexity index is 577. The number of furan rings is 1. The van der Waals surface area contributed by atoms with Crippen molar-refractivity contribution in [1.82, 2.24) is 0 Å². The lowest BCUT2D eigenvalue weighted by atomic mass is 10.2. The van der Waals surface area contributed by atoms with Crippen LogP contribution in [0, 0.1) is 10.5 Å². The Hall–Kier alpha value is -1.50. The first kappa shape index (κ1) is 12.9. The number of aromatic carboxylic acids is 1. The third-order valence-corrected chi connectivity index (χ3v) is 3.67. The number of halogens is 1. The van der Waals surface area contributed by atoms with Crippen molar-refractivity contribution in [1.29, 1.82) is 0 Å². The van der Waals surface area contributed by atoms with Crippen LogP contribution < -0.4 is 5.32 Å². The SMILES string of the molecule is Cc1ccc(NCc2ccc(C(=O)O)o2)cc1I. The summed E-state index contributed by atoms with van der Waals surface area (Å²) < 4.78 is 6.34. The van der Waals surface area contributed by atoms with Crippen LogP contribution in [-0.2, 0) is 6.54 Å². The molecule has 0 aliphatic rings. The van der Waals surface area contributed by atoms with Crippen LogP contribution in [0.15, 0.2) is 34.7 Å². The van der Waals surface area contributed by atoms with Crippen LogP contribution in [0.5, 0.6) is 0 Å². The standard InChI is InChI=1S/C13H12INO3/c1-8-2-3-9(6-11(8)14)15-7-10-4-5-12(18-10)13(16)17/h2-6,15H,7H2,1H3,(H,16,17). The highest BCUT2D eigenvalue weighted by atomic mass is 127. The summed E-state index contributed by atoms with van der Waals surface area (Å²) in [5.74, 6) is -0.487. The molecule has 0 unspecified atom stereocenters. The summed E-state index contributed by atoms with van der Waals surface area (Å²) in [6.07, 6.45) is 0. The van der Waals surface area contributed by atoms with Gasteiger partial charge in [-0.15, -0.1) is 0 Å². The van der Waals surface area contributed by atoms with Crippen molar-refractivity contribution < 1.29 is 14.3 Å². The fourth-order valence-electron chi connectivity index (χ4n) is 1.48. The van der Waals surface area contributed by atoms with Gasteiger partial charge in [-0.05, 0) is 59.3 Å². The minimum atomic E-state index is -1.05. The smallest absolute Gasteiger partial charge is 0.371 e. The normalized spacial score (nSPS) is 10.3. The summed E-state index contributed by atoms with van der Waals surface area (Å²) in [6, 6.07) is 9.18. The highest BCUT2D eigenvalue weighted by molar-refractivity contribution is 14.1. The van der Waals surface area contributed by atoms with Crippen LogP contribution >= 0.6 is 22.6 Å². The van der Waals surface area contributed by atoms with Gasteiger partial charge in [-0.3, -0.25) is 0 Å². The van der Waals surface area contributed by atoms with Gasteiger partial charge in [0.2, 0.25) is 5.76 Å². The Morgan fingerprint density at radius 2 is 2.17 bits per heavy atom. The molecule has 2 aromatic rings. The van der Waals surface area contributed by atoms with E-state index in [1.165, 1.54) is 15.2 Å². The zero-order valence-corrected chi connectivity index (χ0v) is 11.9. The van der Waals surface area contributed by atoms with Crippen LogP contribution in [0.4, 0.5) is 5.69 Å². The molecule has 0 atom stereocenters.